The highest BCUT2D eigenvalue weighted by Gasteiger charge is 2.05. The number of fused-ring (bicyclic) bond motifs is 1. The Bertz CT molecular complexity index is 749. The molecule has 0 atom stereocenters. The van der Waals surface area contributed by atoms with Crippen molar-refractivity contribution in [3.63, 3.8) is 0 Å². The Morgan fingerprint density at radius 3 is 2.79 bits per heavy atom. The van der Waals surface area contributed by atoms with Crippen LogP contribution in [0, 0.1) is 5.82 Å². The van der Waals surface area contributed by atoms with E-state index in [0.717, 1.165) is 22.2 Å². The highest BCUT2D eigenvalue weighted by atomic mass is 79.9. The second-order valence-electron chi connectivity index (χ2n) is 4.47. The number of anilines is 1. The van der Waals surface area contributed by atoms with Gasteiger partial charge in [0.1, 0.15) is 5.82 Å². The van der Waals surface area contributed by atoms with Crippen LogP contribution in [-0.2, 0) is 6.54 Å². The Balaban J connectivity index is 2.01. The standard InChI is InChI=1S/C15H12BrFN2/c16-12-8-10(4-5-13(12)17)9-19-7-6-11-14(18)2-1-3-15(11)19/h1-8H,9,18H2. The second kappa shape index (κ2) is 4.70. The number of hydrogen-bond acceptors (Lipinski definition) is 1. The Hall–Kier alpha value is -1.81. The Morgan fingerprint density at radius 1 is 1.16 bits per heavy atom. The summed E-state index contributed by atoms with van der Waals surface area (Å²) in [6, 6.07) is 12.9. The smallest absolute Gasteiger partial charge is 0.137 e. The molecule has 0 bridgehead atoms. The summed E-state index contributed by atoms with van der Waals surface area (Å²) in [5.74, 6) is -0.245. The minimum absolute atomic E-state index is 0.245. The number of aromatic nitrogens is 1. The fourth-order valence-corrected chi connectivity index (χ4v) is 2.65. The molecule has 0 amide bonds. The number of nitrogen functional groups attached to an aromatic ring is 1. The summed E-state index contributed by atoms with van der Waals surface area (Å²) >= 11 is 3.21. The fraction of sp³-hybridized carbons (Fsp3) is 0.0667. The molecule has 0 fully saturated rings. The van der Waals surface area contributed by atoms with E-state index in [2.05, 4.69) is 20.5 Å². The Kier molecular flexibility index (Phi) is 3.03. The van der Waals surface area contributed by atoms with E-state index in [4.69, 9.17) is 5.73 Å². The minimum Gasteiger partial charge on any atom is -0.398 e. The quantitative estimate of drug-likeness (QED) is 0.706. The third kappa shape index (κ3) is 2.24. The van der Waals surface area contributed by atoms with Crippen molar-refractivity contribution in [2.75, 3.05) is 5.73 Å². The molecule has 0 aliphatic rings. The second-order valence-corrected chi connectivity index (χ2v) is 5.33. The average Bonchev–Trinajstić information content (AvgIpc) is 2.79. The number of benzene rings is 2. The third-order valence-corrected chi connectivity index (χ3v) is 3.79. The number of hydrogen-bond donors (Lipinski definition) is 1. The molecule has 19 heavy (non-hydrogen) atoms. The van der Waals surface area contributed by atoms with Crippen LogP contribution in [0.1, 0.15) is 5.56 Å². The maximum Gasteiger partial charge on any atom is 0.137 e. The first-order valence-corrected chi connectivity index (χ1v) is 6.72. The molecule has 1 aromatic heterocycles. The van der Waals surface area contributed by atoms with Gasteiger partial charge in [-0.25, -0.2) is 4.39 Å². The van der Waals surface area contributed by atoms with Gasteiger partial charge in [-0.15, -0.1) is 0 Å². The molecule has 1 heterocycles. The molecule has 0 saturated heterocycles. The van der Waals surface area contributed by atoms with Crippen molar-refractivity contribution in [2.45, 2.75) is 6.54 Å². The Labute approximate surface area is 118 Å². The van der Waals surface area contributed by atoms with Crippen LogP contribution in [0.25, 0.3) is 10.9 Å². The lowest BCUT2D eigenvalue weighted by Crippen LogP contribution is -1.98. The van der Waals surface area contributed by atoms with Crippen molar-refractivity contribution in [1.82, 2.24) is 4.57 Å². The summed E-state index contributed by atoms with van der Waals surface area (Å²) in [6.45, 7) is 0.686. The van der Waals surface area contributed by atoms with Crippen LogP contribution in [0.5, 0.6) is 0 Å². The van der Waals surface area contributed by atoms with Gasteiger partial charge in [-0.1, -0.05) is 12.1 Å². The summed E-state index contributed by atoms with van der Waals surface area (Å²) in [5.41, 5.74) is 8.83. The first-order valence-electron chi connectivity index (χ1n) is 5.92. The lowest BCUT2D eigenvalue weighted by atomic mass is 10.2. The lowest BCUT2D eigenvalue weighted by molar-refractivity contribution is 0.619. The van der Waals surface area contributed by atoms with E-state index in [0.29, 0.717) is 11.0 Å². The molecule has 2 nitrogen and oxygen atoms in total. The number of halogens is 2. The molecule has 0 unspecified atom stereocenters. The first kappa shape index (κ1) is 12.2. The summed E-state index contributed by atoms with van der Waals surface area (Å²) in [6.07, 6.45) is 2.00. The van der Waals surface area contributed by atoms with Crippen LogP contribution in [0.2, 0.25) is 0 Å². The van der Waals surface area contributed by atoms with E-state index in [1.807, 2.05) is 30.5 Å². The van der Waals surface area contributed by atoms with Gasteiger partial charge in [0.15, 0.2) is 0 Å². The first-order chi connectivity index (χ1) is 9.15. The lowest BCUT2D eigenvalue weighted by Gasteiger charge is -2.07. The molecular weight excluding hydrogens is 307 g/mol. The van der Waals surface area contributed by atoms with E-state index in [9.17, 15) is 4.39 Å². The SMILES string of the molecule is Nc1cccc2c1ccn2Cc1ccc(F)c(Br)c1. The van der Waals surface area contributed by atoms with Gasteiger partial charge in [0.25, 0.3) is 0 Å². The molecule has 2 N–H and O–H groups in total. The minimum atomic E-state index is -0.245. The summed E-state index contributed by atoms with van der Waals surface area (Å²) in [5, 5.41) is 1.05. The van der Waals surface area contributed by atoms with E-state index >= 15 is 0 Å². The van der Waals surface area contributed by atoms with Crippen molar-refractivity contribution in [3.05, 3.63) is 64.5 Å². The normalized spacial score (nSPS) is 11.1. The zero-order chi connectivity index (χ0) is 13.4. The van der Waals surface area contributed by atoms with Gasteiger partial charge in [0.2, 0.25) is 0 Å². The van der Waals surface area contributed by atoms with Crippen molar-refractivity contribution < 1.29 is 4.39 Å². The molecule has 0 aliphatic carbocycles. The van der Waals surface area contributed by atoms with Crippen molar-refractivity contribution in [2.24, 2.45) is 0 Å². The summed E-state index contributed by atoms with van der Waals surface area (Å²) < 4.78 is 15.8. The molecule has 0 radical (unpaired) electrons. The number of rotatable bonds is 2. The van der Waals surface area contributed by atoms with Crippen molar-refractivity contribution >= 4 is 32.5 Å². The van der Waals surface area contributed by atoms with E-state index in [1.165, 1.54) is 6.07 Å². The topological polar surface area (TPSA) is 30.9 Å². The van der Waals surface area contributed by atoms with Crippen LogP contribution in [0.3, 0.4) is 0 Å². The average molecular weight is 319 g/mol. The molecule has 3 aromatic rings. The number of nitrogens with zero attached hydrogens (tertiary/aromatic N) is 1. The van der Waals surface area contributed by atoms with Crippen LogP contribution < -0.4 is 5.73 Å². The zero-order valence-corrected chi connectivity index (χ0v) is 11.7. The van der Waals surface area contributed by atoms with Gasteiger partial charge in [-0.2, -0.15) is 0 Å². The van der Waals surface area contributed by atoms with Gasteiger partial charge in [0, 0.05) is 23.8 Å². The monoisotopic (exact) mass is 318 g/mol. The highest BCUT2D eigenvalue weighted by molar-refractivity contribution is 9.10. The summed E-state index contributed by atoms with van der Waals surface area (Å²) in [7, 11) is 0. The van der Waals surface area contributed by atoms with E-state index in [-0.39, 0.29) is 5.82 Å². The maximum absolute atomic E-state index is 13.2. The van der Waals surface area contributed by atoms with Crippen LogP contribution in [0.15, 0.2) is 53.1 Å². The van der Waals surface area contributed by atoms with Gasteiger partial charge in [-0.3, -0.25) is 0 Å². The van der Waals surface area contributed by atoms with Crippen LogP contribution >= 0.6 is 15.9 Å². The molecule has 4 heteroatoms. The predicted molar refractivity (Wildman–Crippen MR) is 79.6 cm³/mol. The molecule has 2 aromatic carbocycles. The summed E-state index contributed by atoms with van der Waals surface area (Å²) in [4.78, 5) is 0. The van der Waals surface area contributed by atoms with Gasteiger partial charge in [0.05, 0.1) is 9.99 Å². The van der Waals surface area contributed by atoms with E-state index in [1.54, 1.807) is 12.1 Å². The number of nitrogens with two attached hydrogens (primary N) is 1. The zero-order valence-electron chi connectivity index (χ0n) is 10.1. The van der Waals surface area contributed by atoms with Gasteiger partial charge in [-0.05, 0) is 51.8 Å². The molecule has 96 valence electrons. The Morgan fingerprint density at radius 2 is 2.00 bits per heavy atom. The predicted octanol–water partition coefficient (Wildman–Crippen LogP) is 4.17. The maximum atomic E-state index is 13.2. The molecular formula is C15H12BrFN2. The van der Waals surface area contributed by atoms with Gasteiger partial charge < -0.3 is 10.3 Å². The third-order valence-electron chi connectivity index (χ3n) is 3.18. The fourth-order valence-electron chi connectivity index (χ4n) is 2.22. The molecule has 0 spiro atoms. The van der Waals surface area contributed by atoms with Crippen LogP contribution in [-0.4, -0.2) is 4.57 Å². The van der Waals surface area contributed by atoms with E-state index < -0.39 is 0 Å². The molecule has 3 rings (SSSR count). The van der Waals surface area contributed by atoms with Crippen molar-refractivity contribution in [1.29, 1.82) is 0 Å². The van der Waals surface area contributed by atoms with Crippen LogP contribution in [0.4, 0.5) is 10.1 Å². The van der Waals surface area contributed by atoms with Crippen molar-refractivity contribution in [3.8, 4) is 0 Å². The molecule has 0 aliphatic heterocycles. The molecule has 0 saturated carbocycles. The highest BCUT2D eigenvalue weighted by Crippen LogP contribution is 2.24. The largest absolute Gasteiger partial charge is 0.398 e. The van der Waals surface area contributed by atoms with Gasteiger partial charge >= 0.3 is 0 Å².